The molecule has 0 fully saturated rings. The van der Waals surface area contributed by atoms with E-state index >= 15 is 0 Å². The van der Waals surface area contributed by atoms with E-state index in [9.17, 15) is 22.8 Å². The summed E-state index contributed by atoms with van der Waals surface area (Å²) in [5.74, 6) is -0.878. The van der Waals surface area contributed by atoms with Gasteiger partial charge in [-0.1, -0.05) is 18.2 Å². The number of carbonyl (C=O) groups excluding carboxylic acids is 2. The van der Waals surface area contributed by atoms with Gasteiger partial charge in [0.25, 0.3) is 5.91 Å². The molecule has 0 aliphatic carbocycles. The molecule has 0 saturated heterocycles. The molecule has 3 aromatic rings. The van der Waals surface area contributed by atoms with Crippen molar-refractivity contribution in [3.8, 4) is 0 Å². The fraction of sp³-hybridized carbons (Fsp3) is 0.111. The highest BCUT2D eigenvalue weighted by molar-refractivity contribution is 6.00. The van der Waals surface area contributed by atoms with Crippen LogP contribution in [0.1, 0.15) is 16.1 Å². The van der Waals surface area contributed by atoms with Crippen LogP contribution in [0.15, 0.2) is 54.6 Å². The molecule has 0 bridgehead atoms. The first kappa shape index (κ1) is 17.5. The van der Waals surface area contributed by atoms with Gasteiger partial charge < -0.3 is 15.6 Å². The van der Waals surface area contributed by atoms with Gasteiger partial charge in [-0.15, -0.1) is 0 Å². The standard InChI is InChI=1S/C18H14F3N3O2/c19-18(20,21)15-9-12-8-13(6-7-14(12)24-15)23-16(25)10-22-17(26)11-4-2-1-3-5-11/h1-9,24H,10H2,(H,22,26)(H,23,25). The maximum atomic E-state index is 12.7. The maximum Gasteiger partial charge on any atom is 0.431 e. The Kier molecular flexibility index (Phi) is 4.66. The highest BCUT2D eigenvalue weighted by atomic mass is 19.4. The second kappa shape index (κ2) is 6.91. The van der Waals surface area contributed by atoms with Crippen molar-refractivity contribution in [1.82, 2.24) is 10.3 Å². The molecule has 134 valence electrons. The molecule has 0 spiro atoms. The highest BCUT2D eigenvalue weighted by Gasteiger charge is 2.32. The Morgan fingerprint density at radius 3 is 2.42 bits per heavy atom. The molecule has 0 aliphatic heterocycles. The van der Waals surface area contributed by atoms with Crippen molar-refractivity contribution in [2.75, 3.05) is 11.9 Å². The molecule has 0 radical (unpaired) electrons. The molecule has 0 unspecified atom stereocenters. The molecule has 2 amide bonds. The summed E-state index contributed by atoms with van der Waals surface area (Å²) in [7, 11) is 0. The number of H-pyrrole nitrogens is 1. The molecule has 0 atom stereocenters. The van der Waals surface area contributed by atoms with Crippen LogP contribution in [-0.2, 0) is 11.0 Å². The predicted octanol–water partition coefficient (Wildman–Crippen LogP) is 3.56. The Balaban J connectivity index is 1.63. The first-order valence-electron chi connectivity index (χ1n) is 7.66. The van der Waals surface area contributed by atoms with Crippen LogP contribution in [0.3, 0.4) is 0 Å². The van der Waals surface area contributed by atoms with E-state index < -0.39 is 23.7 Å². The van der Waals surface area contributed by atoms with Gasteiger partial charge in [0, 0.05) is 22.2 Å². The second-order valence-corrected chi connectivity index (χ2v) is 5.58. The average molecular weight is 361 g/mol. The number of anilines is 1. The van der Waals surface area contributed by atoms with Gasteiger partial charge in [-0.05, 0) is 36.4 Å². The molecule has 5 nitrogen and oxygen atoms in total. The van der Waals surface area contributed by atoms with Crippen LogP contribution in [0.4, 0.5) is 18.9 Å². The van der Waals surface area contributed by atoms with Crippen LogP contribution >= 0.6 is 0 Å². The lowest BCUT2D eigenvalue weighted by atomic mass is 10.2. The lowest BCUT2D eigenvalue weighted by molar-refractivity contribution is -0.140. The minimum atomic E-state index is -4.47. The number of benzene rings is 2. The number of hydrogen-bond acceptors (Lipinski definition) is 2. The van der Waals surface area contributed by atoms with Gasteiger partial charge in [-0.25, -0.2) is 0 Å². The van der Waals surface area contributed by atoms with Gasteiger partial charge >= 0.3 is 6.18 Å². The summed E-state index contributed by atoms with van der Waals surface area (Å²) in [6, 6.07) is 13.7. The number of fused-ring (bicyclic) bond motifs is 1. The summed E-state index contributed by atoms with van der Waals surface area (Å²) >= 11 is 0. The first-order chi connectivity index (χ1) is 12.3. The van der Waals surface area contributed by atoms with Crippen molar-refractivity contribution >= 4 is 28.4 Å². The minimum absolute atomic E-state index is 0.257. The number of rotatable bonds is 4. The minimum Gasteiger partial charge on any atom is -0.351 e. The van der Waals surface area contributed by atoms with Gasteiger partial charge in [0.15, 0.2) is 0 Å². The van der Waals surface area contributed by atoms with Crippen LogP contribution in [-0.4, -0.2) is 23.3 Å². The quantitative estimate of drug-likeness (QED) is 0.665. The zero-order valence-corrected chi connectivity index (χ0v) is 13.4. The largest absolute Gasteiger partial charge is 0.431 e. The van der Waals surface area contributed by atoms with Crippen molar-refractivity contribution in [1.29, 1.82) is 0 Å². The van der Waals surface area contributed by atoms with Crippen LogP contribution in [0.2, 0.25) is 0 Å². The molecular formula is C18H14F3N3O2. The van der Waals surface area contributed by atoms with E-state index in [2.05, 4.69) is 15.6 Å². The molecule has 0 saturated carbocycles. The van der Waals surface area contributed by atoms with Crippen molar-refractivity contribution in [2.45, 2.75) is 6.18 Å². The van der Waals surface area contributed by atoms with Crippen molar-refractivity contribution in [3.63, 3.8) is 0 Å². The Morgan fingerprint density at radius 1 is 1.00 bits per heavy atom. The summed E-state index contributed by atoms with van der Waals surface area (Å²) < 4.78 is 38.1. The lowest BCUT2D eigenvalue weighted by Gasteiger charge is -2.07. The molecule has 26 heavy (non-hydrogen) atoms. The second-order valence-electron chi connectivity index (χ2n) is 5.58. The predicted molar refractivity (Wildman–Crippen MR) is 90.7 cm³/mol. The molecule has 1 aromatic heterocycles. The zero-order chi connectivity index (χ0) is 18.7. The van der Waals surface area contributed by atoms with Gasteiger partial charge in [-0.3, -0.25) is 9.59 Å². The summed E-state index contributed by atoms with van der Waals surface area (Å²) in [4.78, 5) is 26.1. The van der Waals surface area contributed by atoms with E-state index in [0.29, 0.717) is 22.2 Å². The summed E-state index contributed by atoms with van der Waals surface area (Å²) in [6.45, 7) is -0.257. The maximum absolute atomic E-state index is 12.7. The Labute approximate surface area is 146 Å². The summed E-state index contributed by atoms with van der Waals surface area (Å²) in [6.07, 6.45) is -4.47. The highest BCUT2D eigenvalue weighted by Crippen LogP contribution is 2.31. The Hall–Kier alpha value is -3.29. The van der Waals surface area contributed by atoms with Crippen molar-refractivity contribution in [2.24, 2.45) is 0 Å². The van der Waals surface area contributed by atoms with Crippen LogP contribution in [0.5, 0.6) is 0 Å². The number of hydrogen-bond donors (Lipinski definition) is 3. The SMILES string of the molecule is O=C(CNC(=O)c1ccccc1)Nc1ccc2[nH]c(C(F)(F)F)cc2c1. The smallest absolute Gasteiger partial charge is 0.351 e. The summed E-state index contributed by atoms with van der Waals surface area (Å²) in [5.41, 5.74) is 0.219. The van der Waals surface area contributed by atoms with Gasteiger partial charge in [0.2, 0.25) is 5.91 Å². The van der Waals surface area contributed by atoms with E-state index in [1.54, 1.807) is 30.3 Å². The number of halogens is 3. The van der Waals surface area contributed by atoms with E-state index in [0.717, 1.165) is 6.07 Å². The third kappa shape index (κ3) is 4.02. The molecule has 1 heterocycles. The molecule has 3 N–H and O–H groups in total. The van der Waals surface area contributed by atoms with Gasteiger partial charge in [0.05, 0.1) is 6.54 Å². The topological polar surface area (TPSA) is 74.0 Å². The van der Waals surface area contributed by atoms with E-state index in [1.807, 2.05) is 0 Å². The number of carbonyl (C=O) groups is 2. The van der Waals surface area contributed by atoms with E-state index in [-0.39, 0.29) is 6.54 Å². The van der Waals surface area contributed by atoms with Crippen molar-refractivity contribution < 1.29 is 22.8 Å². The lowest BCUT2D eigenvalue weighted by Crippen LogP contribution is -2.32. The van der Waals surface area contributed by atoms with Gasteiger partial charge in [-0.2, -0.15) is 13.2 Å². The fourth-order valence-electron chi connectivity index (χ4n) is 2.42. The number of aromatic nitrogens is 1. The zero-order valence-electron chi connectivity index (χ0n) is 13.4. The number of nitrogens with one attached hydrogen (secondary N) is 3. The molecule has 8 heteroatoms. The monoisotopic (exact) mass is 361 g/mol. The molecule has 2 aromatic carbocycles. The third-order valence-electron chi connectivity index (χ3n) is 3.66. The van der Waals surface area contributed by atoms with Crippen molar-refractivity contribution in [3.05, 3.63) is 65.9 Å². The number of alkyl halides is 3. The Bertz CT molecular complexity index is 949. The van der Waals surface area contributed by atoms with E-state index in [1.165, 1.54) is 18.2 Å². The van der Waals surface area contributed by atoms with Crippen LogP contribution in [0.25, 0.3) is 10.9 Å². The number of aromatic amines is 1. The van der Waals surface area contributed by atoms with Gasteiger partial charge in [0.1, 0.15) is 5.69 Å². The fourth-order valence-corrected chi connectivity index (χ4v) is 2.42. The molecular weight excluding hydrogens is 347 g/mol. The molecule has 0 aliphatic rings. The third-order valence-corrected chi connectivity index (χ3v) is 3.66. The summed E-state index contributed by atoms with van der Waals surface area (Å²) in [5, 5.41) is 5.34. The normalized spacial score (nSPS) is 11.3. The first-order valence-corrected chi connectivity index (χ1v) is 7.66. The average Bonchev–Trinajstić information content (AvgIpc) is 3.04. The van der Waals surface area contributed by atoms with Crippen LogP contribution in [0, 0.1) is 0 Å². The Morgan fingerprint density at radius 2 is 1.73 bits per heavy atom. The van der Waals surface area contributed by atoms with Crippen LogP contribution < -0.4 is 10.6 Å². The molecule has 3 rings (SSSR count). The number of amides is 2. The van der Waals surface area contributed by atoms with E-state index in [4.69, 9.17) is 0 Å².